The van der Waals surface area contributed by atoms with E-state index in [-0.39, 0.29) is 36.2 Å². The van der Waals surface area contributed by atoms with Gasteiger partial charge in [-0.15, -0.1) is 0 Å². The van der Waals surface area contributed by atoms with Crippen molar-refractivity contribution in [3.8, 4) is 5.75 Å². The number of carbonyl (C=O) groups is 1. The van der Waals surface area contributed by atoms with Crippen LogP contribution in [0, 0.1) is 19.7 Å². The van der Waals surface area contributed by atoms with E-state index in [0.717, 1.165) is 32.6 Å². The first-order valence-corrected chi connectivity index (χ1v) is 20.2. The lowest BCUT2D eigenvalue weighted by molar-refractivity contribution is -0.142. The smallest absolute Gasteiger partial charge is 0.308 e. The molecule has 256 valence electrons. The molecule has 9 heteroatoms. The van der Waals surface area contributed by atoms with Gasteiger partial charge in [0.1, 0.15) is 18.2 Å². The van der Waals surface area contributed by atoms with Crippen molar-refractivity contribution in [1.82, 2.24) is 0 Å². The molecule has 0 aliphatic carbocycles. The van der Waals surface area contributed by atoms with Crippen LogP contribution in [0.2, 0.25) is 5.04 Å². The van der Waals surface area contributed by atoms with Crippen LogP contribution in [-0.4, -0.2) is 46.9 Å². The van der Waals surface area contributed by atoms with E-state index >= 15 is 0 Å². The molecule has 4 aromatic carbocycles. The molecule has 0 spiro atoms. The highest BCUT2D eigenvalue weighted by molar-refractivity contribution is 7.59. The maximum Gasteiger partial charge on any atom is 0.308 e. The van der Waals surface area contributed by atoms with Gasteiger partial charge in [-0.1, -0.05) is 99.6 Å². The van der Waals surface area contributed by atoms with Gasteiger partial charge in [-0.05, 0) is 76.1 Å². The van der Waals surface area contributed by atoms with Crippen molar-refractivity contribution in [1.29, 1.82) is 0 Å². The number of methoxy groups -OCH3 is 1. The zero-order chi connectivity index (χ0) is 35.0. The third-order valence-corrected chi connectivity index (χ3v) is 16.4. The van der Waals surface area contributed by atoms with Crippen LogP contribution < -0.4 is 15.1 Å². The van der Waals surface area contributed by atoms with Gasteiger partial charge in [-0.2, -0.15) is 0 Å². The standard InChI is InChI=1S/C39H48FO6PSi/c1-29-24-30(2)36(37(25-29)45-27-31-18-20-32(40)21-19-31)22-23-47(42,44-7)28-33(26-38(41)43-6)46-48(39(3,4)5,34-14-10-8-11-15-34)35-16-12-9-13-17-35/h8-21,24-25,33H,22-23,26-28H2,1-7H3/t33-,47?/m0/s1. The Labute approximate surface area is 286 Å². The number of hydrogen-bond acceptors (Lipinski definition) is 6. The van der Waals surface area contributed by atoms with Crippen LogP contribution >= 0.6 is 7.37 Å². The third-order valence-electron chi connectivity index (χ3n) is 8.78. The number of benzene rings is 4. The van der Waals surface area contributed by atoms with Crippen molar-refractivity contribution >= 4 is 32.0 Å². The van der Waals surface area contributed by atoms with Gasteiger partial charge in [0.2, 0.25) is 7.37 Å². The fourth-order valence-electron chi connectivity index (χ4n) is 6.35. The fraction of sp³-hybridized carbons (Fsp3) is 0.359. The van der Waals surface area contributed by atoms with E-state index in [1.165, 1.54) is 26.4 Å². The van der Waals surface area contributed by atoms with Crippen molar-refractivity contribution in [2.24, 2.45) is 0 Å². The van der Waals surface area contributed by atoms with Crippen LogP contribution in [0.5, 0.6) is 5.75 Å². The molecule has 2 atom stereocenters. The molecule has 4 aromatic rings. The van der Waals surface area contributed by atoms with Crippen LogP contribution in [-0.2, 0) is 36.1 Å². The van der Waals surface area contributed by atoms with Crippen LogP contribution in [0.4, 0.5) is 4.39 Å². The van der Waals surface area contributed by atoms with Gasteiger partial charge in [0.15, 0.2) is 0 Å². The van der Waals surface area contributed by atoms with Crippen LogP contribution in [0.3, 0.4) is 0 Å². The molecule has 0 fully saturated rings. The number of aryl methyl sites for hydroxylation is 2. The molecule has 0 saturated carbocycles. The Hall–Kier alpha value is -3.55. The molecule has 0 aromatic heterocycles. The second-order valence-corrected chi connectivity index (χ2v) is 20.4. The van der Waals surface area contributed by atoms with Gasteiger partial charge < -0.3 is 18.4 Å². The number of ether oxygens (including phenoxy) is 2. The monoisotopic (exact) mass is 690 g/mol. The Bertz CT molecular complexity index is 1650. The summed E-state index contributed by atoms with van der Waals surface area (Å²) in [6.45, 7) is 10.8. The molecular weight excluding hydrogens is 642 g/mol. The van der Waals surface area contributed by atoms with Crippen LogP contribution in [0.1, 0.15) is 49.4 Å². The fourth-order valence-corrected chi connectivity index (χ4v) is 13.1. The topological polar surface area (TPSA) is 71.1 Å². The molecule has 0 aliphatic rings. The number of hydrogen-bond donors (Lipinski definition) is 0. The number of esters is 1. The lowest BCUT2D eigenvalue weighted by atomic mass is 10.0. The highest BCUT2D eigenvalue weighted by atomic mass is 31.2. The molecule has 0 heterocycles. The van der Waals surface area contributed by atoms with Gasteiger partial charge in [-0.25, -0.2) is 4.39 Å². The summed E-state index contributed by atoms with van der Waals surface area (Å²) >= 11 is 0. The highest BCUT2D eigenvalue weighted by Crippen LogP contribution is 2.49. The van der Waals surface area contributed by atoms with Gasteiger partial charge in [0, 0.05) is 13.3 Å². The summed E-state index contributed by atoms with van der Waals surface area (Å²) < 4.78 is 52.6. The zero-order valence-electron chi connectivity index (χ0n) is 29.1. The molecule has 0 aliphatic heterocycles. The molecule has 48 heavy (non-hydrogen) atoms. The van der Waals surface area contributed by atoms with Gasteiger partial charge in [0.05, 0.1) is 25.8 Å². The summed E-state index contributed by atoms with van der Waals surface area (Å²) in [7, 11) is -3.62. The van der Waals surface area contributed by atoms with Gasteiger partial charge >= 0.3 is 5.97 Å². The molecular formula is C39H48FO6PSi. The quantitative estimate of drug-likeness (QED) is 0.0716. The maximum atomic E-state index is 14.6. The molecule has 1 unspecified atom stereocenters. The summed E-state index contributed by atoms with van der Waals surface area (Å²) in [5, 5.41) is 1.77. The second-order valence-electron chi connectivity index (χ2n) is 13.3. The molecule has 6 nitrogen and oxygen atoms in total. The molecule has 0 radical (unpaired) electrons. The minimum Gasteiger partial charge on any atom is -0.489 e. The van der Waals surface area contributed by atoms with E-state index in [1.807, 2.05) is 56.3 Å². The highest BCUT2D eigenvalue weighted by Gasteiger charge is 2.52. The lowest BCUT2D eigenvalue weighted by Gasteiger charge is -2.45. The summed E-state index contributed by atoms with van der Waals surface area (Å²) in [4.78, 5) is 12.9. The Balaban J connectivity index is 1.67. The van der Waals surface area contributed by atoms with E-state index in [9.17, 15) is 13.8 Å². The predicted octanol–water partition coefficient (Wildman–Crippen LogP) is 8.00. The second kappa shape index (κ2) is 16.2. The number of rotatable bonds is 15. The molecule has 0 amide bonds. The Morgan fingerprint density at radius 1 is 0.875 bits per heavy atom. The number of carbonyl (C=O) groups excluding carboxylic acids is 1. The third kappa shape index (κ3) is 9.11. The maximum absolute atomic E-state index is 14.6. The van der Waals surface area contributed by atoms with E-state index < -0.39 is 27.8 Å². The van der Waals surface area contributed by atoms with E-state index in [1.54, 1.807) is 12.1 Å². The van der Waals surface area contributed by atoms with Crippen molar-refractivity contribution in [3.05, 3.63) is 125 Å². The van der Waals surface area contributed by atoms with Crippen molar-refractivity contribution in [3.63, 3.8) is 0 Å². The molecule has 0 bridgehead atoms. The SMILES string of the molecule is COC(=O)C[C@@H](CP(=O)(CCc1c(C)cc(C)cc1OCc1ccc(F)cc1)OC)O[Si](c1ccccc1)(c1ccccc1)C(C)(C)C. The summed E-state index contributed by atoms with van der Waals surface area (Å²) in [5.74, 6) is -0.0498. The first kappa shape index (κ1) is 37.3. The minimum atomic E-state index is -3.35. The largest absolute Gasteiger partial charge is 0.489 e. The summed E-state index contributed by atoms with van der Waals surface area (Å²) in [6.07, 6.45) is -0.103. The van der Waals surface area contributed by atoms with Crippen molar-refractivity contribution < 1.29 is 32.2 Å². The summed E-state index contributed by atoms with van der Waals surface area (Å²) in [5.41, 5.74) is 3.83. The molecule has 4 rings (SSSR count). The minimum absolute atomic E-state index is 0.0414. The zero-order valence-corrected chi connectivity index (χ0v) is 31.0. The average molecular weight is 691 g/mol. The Morgan fingerprint density at radius 3 is 1.98 bits per heavy atom. The Kier molecular flexibility index (Phi) is 12.6. The van der Waals surface area contributed by atoms with E-state index in [2.05, 4.69) is 51.1 Å². The van der Waals surface area contributed by atoms with Crippen LogP contribution in [0.15, 0.2) is 97.1 Å². The normalized spacial score (nSPS) is 13.8. The van der Waals surface area contributed by atoms with Gasteiger partial charge in [-0.3, -0.25) is 9.36 Å². The van der Waals surface area contributed by atoms with E-state index in [0.29, 0.717) is 12.2 Å². The van der Waals surface area contributed by atoms with Crippen molar-refractivity contribution in [2.45, 2.75) is 65.2 Å². The van der Waals surface area contributed by atoms with Gasteiger partial charge in [0.25, 0.3) is 8.32 Å². The summed E-state index contributed by atoms with van der Waals surface area (Å²) in [6, 6.07) is 30.6. The first-order chi connectivity index (χ1) is 22.8. The average Bonchev–Trinajstić information content (AvgIpc) is 3.06. The number of halogens is 1. The first-order valence-electron chi connectivity index (χ1n) is 16.3. The van der Waals surface area contributed by atoms with Crippen molar-refractivity contribution in [2.75, 3.05) is 26.5 Å². The Morgan fingerprint density at radius 2 is 1.46 bits per heavy atom. The molecule has 0 N–H and O–H groups in total. The van der Waals surface area contributed by atoms with Crippen LogP contribution in [0.25, 0.3) is 0 Å². The lowest BCUT2D eigenvalue weighted by Crippen LogP contribution is -2.68. The predicted molar refractivity (Wildman–Crippen MR) is 194 cm³/mol. The van der Waals surface area contributed by atoms with E-state index in [4.69, 9.17) is 18.4 Å². The molecule has 0 saturated heterocycles.